The van der Waals surface area contributed by atoms with E-state index in [0.717, 1.165) is 25.1 Å². The van der Waals surface area contributed by atoms with Crippen LogP contribution in [0.15, 0.2) is 24.3 Å². The van der Waals surface area contributed by atoms with Crippen molar-refractivity contribution in [3.8, 4) is 5.75 Å². The van der Waals surface area contributed by atoms with Crippen LogP contribution in [0.1, 0.15) is 41.5 Å². The molecule has 0 unspecified atom stereocenters. The van der Waals surface area contributed by atoms with Crippen molar-refractivity contribution in [3.63, 3.8) is 0 Å². The number of nitrogens with zero attached hydrogens (tertiary/aromatic N) is 2. The number of aromatic nitrogens is 2. The fourth-order valence-electron chi connectivity index (χ4n) is 3.11. The van der Waals surface area contributed by atoms with Crippen LogP contribution in [-0.4, -0.2) is 47.1 Å². The molecule has 1 aliphatic heterocycles. The Hall–Kier alpha value is -2.87. The van der Waals surface area contributed by atoms with Gasteiger partial charge in [-0.3, -0.25) is 9.48 Å². The van der Waals surface area contributed by atoms with Gasteiger partial charge in [0.1, 0.15) is 12.4 Å². The lowest BCUT2D eigenvalue weighted by Crippen LogP contribution is -2.30. The number of rotatable bonds is 7. The van der Waals surface area contributed by atoms with Crippen LogP contribution in [0.3, 0.4) is 0 Å². The molecule has 1 aromatic heterocycles. The van der Waals surface area contributed by atoms with Gasteiger partial charge in [-0.1, -0.05) is 0 Å². The lowest BCUT2D eigenvalue weighted by atomic mass is 10.2. The number of esters is 1. The van der Waals surface area contributed by atoms with Gasteiger partial charge >= 0.3 is 5.97 Å². The first kappa shape index (κ1) is 20.9. The Morgan fingerprint density at radius 2 is 2.03 bits per heavy atom. The maximum Gasteiger partial charge on any atom is 0.338 e. The molecule has 8 heteroatoms. The first-order valence-corrected chi connectivity index (χ1v) is 9.71. The fourth-order valence-corrected chi connectivity index (χ4v) is 3.11. The summed E-state index contributed by atoms with van der Waals surface area (Å²) in [5, 5.41) is 7.03. The standard InChI is InChI=1S/C21H27N3O5/c1-13-19(14(2)24(4)23-13)22-20(25)15(3)29-21(26)16-7-9-17(10-8-16)28-12-18-6-5-11-27-18/h7-10,15,18H,5-6,11-12H2,1-4H3,(H,22,25)/t15-,18-/m0/s1. The molecule has 1 N–H and O–H groups in total. The van der Waals surface area contributed by atoms with Crippen molar-refractivity contribution >= 4 is 17.6 Å². The quantitative estimate of drug-likeness (QED) is 0.718. The van der Waals surface area contributed by atoms with Gasteiger partial charge in [-0.25, -0.2) is 4.79 Å². The number of hydrogen-bond acceptors (Lipinski definition) is 6. The summed E-state index contributed by atoms with van der Waals surface area (Å²) in [5.41, 5.74) is 2.51. The minimum atomic E-state index is -0.947. The zero-order chi connectivity index (χ0) is 21.0. The largest absolute Gasteiger partial charge is 0.491 e. The summed E-state index contributed by atoms with van der Waals surface area (Å²) in [7, 11) is 1.80. The van der Waals surface area contributed by atoms with Crippen molar-refractivity contribution in [2.45, 2.75) is 45.8 Å². The number of benzene rings is 1. The molecule has 1 amide bonds. The minimum Gasteiger partial charge on any atom is -0.491 e. The zero-order valence-corrected chi connectivity index (χ0v) is 17.2. The molecule has 3 rings (SSSR count). The molecule has 0 bridgehead atoms. The molecule has 1 fully saturated rings. The molecule has 0 aliphatic carbocycles. The summed E-state index contributed by atoms with van der Waals surface area (Å²) in [6.45, 7) is 6.47. The van der Waals surface area contributed by atoms with E-state index in [2.05, 4.69) is 10.4 Å². The zero-order valence-electron chi connectivity index (χ0n) is 17.2. The maximum atomic E-state index is 12.4. The third-order valence-corrected chi connectivity index (χ3v) is 4.96. The second-order valence-electron chi connectivity index (χ2n) is 7.18. The number of ether oxygens (including phenoxy) is 3. The number of carbonyl (C=O) groups excluding carboxylic acids is 2. The Labute approximate surface area is 170 Å². The van der Waals surface area contributed by atoms with E-state index >= 15 is 0 Å². The Balaban J connectivity index is 1.52. The SMILES string of the molecule is Cc1nn(C)c(C)c1NC(=O)[C@H](C)OC(=O)c1ccc(OC[C@@H]2CCCO2)cc1. The number of aryl methyl sites for hydroxylation is 2. The molecule has 0 spiro atoms. The predicted octanol–water partition coefficient (Wildman–Crippen LogP) is 2.78. The van der Waals surface area contributed by atoms with Crippen LogP contribution in [0.25, 0.3) is 0 Å². The second-order valence-corrected chi connectivity index (χ2v) is 7.18. The van der Waals surface area contributed by atoms with Crippen molar-refractivity contribution in [2.24, 2.45) is 7.05 Å². The van der Waals surface area contributed by atoms with Crippen molar-refractivity contribution in [2.75, 3.05) is 18.5 Å². The summed E-state index contributed by atoms with van der Waals surface area (Å²) < 4.78 is 18.2. The molecule has 0 radical (unpaired) electrons. The third-order valence-electron chi connectivity index (χ3n) is 4.96. The molecule has 29 heavy (non-hydrogen) atoms. The predicted molar refractivity (Wildman–Crippen MR) is 107 cm³/mol. The fraction of sp³-hybridized carbons (Fsp3) is 0.476. The Morgan fingerprint density at radius 1 is 1.31 bits per heavy atom. The average Bonchev–Trinajstić information content (AvgIpc) is 3.30. The molecule has 156 valence electrons. The molecular formula is C21H27N3O5. The van der Waals surface area contributed by atoms with Crippen LogP contribution in [0.2, 0.25) is 0 Å². The van der Waals surface area contributed by atoms with Crippen LogP contribution in [0.5, 0.6) is 5.75 Å². The first-order valence-electron chi connectivity index (χ1n) is 9.71. The highest BCUT2D eigenvalue weighted by Crippen LogP contribution is 2.20. The van der Waals surface area contributed by atoms with Crippen molar-refractivity contribution in [3.05, 3.63) is 41.2 Å². The normalized spacial score (nSPS) is 17.0. The summed E-state index contributed by atoms with van der Waals surface area (Å²) in [6.07, 6.45) is 1.25. The molecule has 1 aromatic carbocycles. The highest BCUT2D eigenvalue weighted by Gasteiger charge is 2.22. The van der Waals surface area contributed by atoms with E-state index in [0.29, 0.717) is 29.3 Å². The van der Waals surface area contributed by atoms with E-state index in [1.807, 2.05) is 13.8 Å². The number of amides is 1. The van der Waals surface area contributed by atoms with Crippen molar-refractivity contribution in [1.29, 1.82) is 0 Å². The van der Waals surface area contributed by atoms with E-state index in [1.54, 1.807) is 36.0 Å². The van der Waals surface area contributed by atoms with Gasteiger partial charge in [-0.2, -0.15) is 5.10 Å². The van der Waals surface area contributed by atoms with Gasteiger partial charge in [0.15, 0.2) is 6.10 Å². The Bertz CT molecular complexity index is 869. The third kappa shape index (κ3) is 5.14. The topological polar surface area (TPSA) is 91.7 Å². The average molecular weight is 401 g/mol. The second kappa shape index (κ2) is 9.09. The monoisotopic (exact) mass is 401 g/mol. The molecule has 0 saturated carbocycles. The summed E-state index contributed by atoms with van der Waals surface area (Å²) >= 11 is 0. The molecule has 2 heterocycles. The van der Waals surface area contributed by atoms with Gasteiger partial charge in [0.2, 0.25) is 0 Å². The van der Waals surface area contributed by atoms with E-state index in [9.17, 15) is 9.59 Å². The number of anilines is 1. The molecular weight excluding hydrogens is 374 g/mol. The van der Waals surface area contributed by atoms with Crippen molar-refractivity contribution in [1.82, 2.24) is 9.78 Å². The lowest BCUT2D eigenvalue weighted by Gasteiger charge is -2.14. The van der Waals surface area contributed by atoms with Gasteiger partial charge in [0.25, 0.3) is 5.91 Å². The van der Waals surface area contributed by atoms with Crippen LogP contribution >= 0.6 is 0 Å². The van der Waals surface area contributed by atoms with Gasteiger partial charge in [0.05, 0.1) is 28.7 Å². The molecule has 2 aromatic rings. The highest BCUT2D eigenvalue weighted by atomic mass is 16.5. The molecule has 8 nitrogen and oxygen atoms in total. The molecule has 2 atom stereocenters. The van der Waals surface area contributed by atoms with Gasteiger partial charge in [0, 0.05) is 13.7 Å². The summed E-state index contributed by atoms with van der Waals surface area (Å²) in [5.74, 6) is -0.322. The van der Waals surface area contributed by atoms with E-state index in [-0.39, 0.29) is 6.10 Å². The van der Waals surface area contributed by atoms with Gasteiger partial charge < -0.3 is 19.5 Å². The number of nitrogens with one attached hydrogen (secondary N) is 1. The minimum absolute atomic E-state index is 0.131. The van der Waals surface area contributed by atoms with Crippen LogP contribution in [0, 0.1) is 13.8 Å². The molecule has 1 saturated heterocycles. The van der Waals surface area contributed by atoms with Crippen LogP contribution in [-0.2, 0) is 21.3 Å². The Kier molecular flexibility index (Phi) is 6.53. The number of hydrogen-bond donors (Lipinski definition) is 1. The highest BCUT2D eigenvalue weighted by molar-refractivity contribution is 5.98. The Morgan fingerprint density at radius 3 is 2.62 bits per heavy atom. The summed E-state index contributed by atoms with van der Waals surface area (Å²) in [6, 6.07) is 6.65. The van der Waals surface area contributed by atoms with E-state index in [4.69, 9.17) is 14.2 Å². The van der Waals surface area contributed by atoms with Gasteiger partial charge in [-0.05, 0) is 57.9 Å². The molecule has 1 aliphatic rings. The summed E-state index contributed by atoms with van der Waals surface area (Å²) in [4.78, 5) is 24.7. The van der Waals surface area contributed by atoms with Crippen molar-refractivity contribution < 1.29 is 23.8 Å². The van der Waals surface area contributed by atoms with Crippen LogP contribution in [0.4, 0.5) is 5.69 Å². The smallest absolute Gasteiger partial charge is 0.338 e. The van der Waals surface area contributed by atoms with E-state index < -0.39 is 18.0 Å². The maximum absolute atomic E-state index is 12.4. The lowest BCUT2D eigenvalue weighted by molar-refractivity contribution is -0.123. The number of carbonyl (C=O) groups is 2. The van der Waals surface area contributed by atoms with Gasteiger partial charge in [-0.15, -0.1) is 0 Å². The van der Waals surface area contributed by atoms with E-state index in [1.165, 1.54) is 6.92 Å². The first-order chi connectivity index (χ1) is 13.8. The van der Waals surface area contributed by atoms with Crippen LogP contribution < -0.4 is 10.1 Å².